The van der Waals surface area contributed by atoms with Crippen LogP contribution in [0.4, 0.5) is 0 Å². The molecule has 31 heavy (non-hydrogen) atoms. The van der Waals surface area contributed by atoms with E-state index in [1.807, 2.05) is 55.8 Å². The second kappa shape index (κ2) is 8.88. The smallest absolute Gasteiger partial charge is 0.311 e. The van der Waals surface area contributed by atoms with Crippen LogP contribution < -0.4 is 0 Å². The van der Waals surface area contributed by atoms with Crippen LogP contribution in [0.5, 0.6) is 0 Å². The minimum Gasteiger partial charge on any atom is -0.311 e. The number of hydrogen-bond donors (Lipinski definition) is 0. The number of rotatable bonds is 3. The number of pyridine rings is 2. The summed E-state index contributed by atoms with van der Waals surface area (Å²) >= 11 is 6.30. The number of benzene rings is 2. The van der Waals surface area contributed by atoms with Gasteiger partial charge in [-0.25, -0.2) is 9.97 Å². The third kappa shape index (κ3) is 4.36. The van der Waals surface area contributed by atoms with Gasteiger partial charge in [-0.15, -0.1) is 0 Å². The molecule has 6 nitrogen and oxygen atoms in total. The number of halogens is 1. The third-order valence-corrected chi connectivity index (χ3v) is 5.36. The van der Waals surface area contributed by atoms with E-state index in [0.717, 1.165) is 43.9 Å². The Labute approximate surface area is 183 Å². The Morgan fingerprint density at radius 1 is 0.968 bits per heavy atom. The molecule has 3 heterocycles. The SMILES string of the molecule is Cc1ccc(-c2ccc3ncn(Cc4ccc5ncccc5c4)c3n2)cc1Cl.O=C=O. The van der Waals surface area contributed by atoms with Gasteiger partial charge in [-0.1, -0.05) is 35.9 Å². The Morgan fingerprint density at radius 3 is 2.58 bits per heavy atom. The van der Waals surface area contributed by atoms with E-state index in [1.165, 1.54) is 5.56 Å². The zero-order chi connectivity index (χ0) is 21.8. The molecule has 0 atom stereocenters. The van der Waals surface area contributed by atoms with Crippen molar-refractivity contribution in [1.29, 1.82) is 0 Å². The highest BCUT2D eigenvalue weighted by atomic mass is 35.5. The molecule has 0 fully saturated rings. The molecule has 0 aliphatic heterocycles. The van der Waals surface area contributed by atoms with Gasteiger partial charge in [0, 0.05) is 22.2 Å². The van der Waals surface area contributed by atoms with Crippen molar-refractivity contribution in [3.63, 3.8) is 0 Å². The van der Waals surface area contributed by atoms with Gasteiger partial charge in [0.15, 0.2) is 5.65 Å². The van der Waals surface area contributed by atoms with Gasteiger partial charge in [0.05, 0.1) is 24.1 Å². The Balaban J connectivity index is 0.000000730. The Kier molecular flexibility index (Phi) is 5.85. The highest BCUT2D eigenvalue weighted by Crippen LogP contribution is 2.26. The largest absolute Gasteiger partial charge is 0.373 e. The highest BCUT2D eigenvalue weighted by molar-refractivity contribution is 6.31. The van der Waals surface area contributed by atoms with Crippen LogP contribution in [0.15, 0.2) is 73.2 Å². The van der Waals surface area contributed by atoms with Gasteiger partial charge in [0.25, 0.3) is 0 Å². The second-order valence-electron chi connectivity index (χ2n) is 6.99. The average molecular weight is 429 g/mol. The normalized spacial score (nSPS) is 10.5. The number of hydrogen-bond acceptors (Lipinski definition) is 5. The fourth-order valence-corrected chi connectivity index (χ4v) is 3.57. The Bertz CT molecular complexity index is 1420. The molecule has 0 saturated heterocycles. The molecule has 0 spiro atoms. The topological polar surface area (TPSA) is 77.7 Å². The summed E-state index contributed by atoms with van der Waals surface area (Å²) in [7, 11) is 0. The Morgan fingerprint density at radius 2 is 1.77 bits per heavy atom. The molecule has 5 aromatic rings. The summed E-state index contributed by atoms with van der Waals surface area (Å²) in [6.45, 7) is 2.70. The summed E-state index contributed by atoms with van der Waals surface area (Å²) in [4.78, 5) is 30.0. The standard InChI is InChI=1S/C23H17ClN4.CO2/c1-15-4-6-18(12-19(15)24)21-8-9-22-23(27-21)28(14-26-22)13-16-5-7-20-17(11-16)3-2-10-25-20;2-1-3/h2-12,14H,13H2,1H3;. The first-order valence-electron chi connectivity index (χ1n) is 9.50. The molecule has 0 bridgehead atoms. The molecule has 0 amide bonds. The predicted molar refractivity (Wildman–Crippen MR) is 119 cm³/mol. The molecule has 152 valence electrons. The molecular formula is C24H17ClN4O2. The minimum atomic E-state index is 0.250. The van der Waals surface area contributed by atoms with Crippen LogP contribution in [-0.2, 0) is 16.1 Å². The number of imidazole rings is 1. The van der Waals surface area contributed by atoms with Gasteiger partial charge in [-0.2, -0.15) is 9.59 Å². The number of carbonyl (C=O) groups excluding carboxylic acids is 2. The lowest BCUT2D eigenvalue weighted by Gasteiger charge is -2.07. The predicted octanol–water partition coefficient (Wildman–Crippen LogP) is 5.07. The summed E-state index contributed by atoms with van der Waals surface area (Å²) in [5.41, 5.74) is 6.87. The van der Waals surface area contributed by atoms with Crippen LogP contribution in [0.1, 0.15) is 11.1 Å². The zero-order valence-corrected chi connectivity index (χ0v) is 17.4. The lowest BCUT2D eigenvalue weighted by molar-refractivity contribution is -0.191. The maximum atomic E-state index is 8.12. The monoisotopic (exact) mass is 428 g/mol. The first-order chi connectivity index (χ1) is 15.1. The molecular weight excluding hydrogens is 412 g/mol. The highest BCUT2D eigenvalue weighted by Gasteiger charge is 2.09. The van der Waals surface area contributed by atoms with E-state index in [2.05, 4.69) is 38.8 Å². The first-order valence-corrected chi connectivity index (χ1v) is 9.88. The lowest BCUT2D eigenvalue weighted by atomic mass is 10.1. The minimum absolute atomic E-state index is 0.250. The van der Waals surface area contributed by atoms with Crippen molar-refractivity contribution in [3.8, 4) is 11.3 Å². The second-order valence-corrected chi connectivity index (χ2v) is 7.40. The van der Waals surface area contributed by atoms with Crippen LogP contribution in [0.25, 0.3) is 33.3 Å². The van der Waals surface area contributed by atoms with Crippen molar-refractivity contribution in [1.82, 2.24) is 19.5 Å². The van der Waals surface area contributed by atoms with E-state index < -0.39 is 0 Å². The lowest BCUT2D eigenvalue weighted by Crippen LogP contribution is -2.00. The molecule has 0 N–H and O–H groups in total. The van der Waals surface area contributed by atoms with Crippen molar-refractivity contribution in [2.75, 3.05) is 0 Å². The molecule has 0 aliphatic rings. The van der Waals surface area contributed by atoms with Crippen LogP contribution in [0.3, 0.4) is 0 Å². The number of aromatic nitrogens is 4. The third-order valence-electron chi connectivity index (χ3n) is 4.95. The maximum absolute atomic E-state index is 8.12. The molecule has 0 aliphatic carbocycles. The Hall–Kier alpha value is -3.86. The van der Waals surface area contributed by atoms with Crippen LogP contribution in [0, 0.1) is 6.92 Å². The van der Waals surface area contributed by atoms with Crippen LogP contribution >= 0.6 is 11.6 Å². The van der Waals surface area contributed by atoms with Crippen LogP contribution in [-0.4, -0.2) is 25.7 Å². The zero-order valence-electron chi connectivity index (χ0n) is 16.6. The van der Waals surface area contributed by atoms with Crippen LogP contribution in [0.2, 0.25) is 5.02 Å². The molecule has 0 saturated carbocycles. The molecule has 2 aromatic carbocycles. The summed E-state index contributed by atoms with van der Waals surface area (Å²) < 4.78 is 2.08. The van der Waals surface area contributed by atoms with Gasteiger partial charge in [-0.3, -0.25) is 4.98 Å². The fourth-order valence-electron chi connectivity index (χ4n) is 3.39. The van der Waals surface area contributed by atoms with Gasteiger partial charge in [-0.05, 0) is 54.4 Å². The van der Waals surface area contributed by atoms with E-state index in [0.29, 0.717) is 6.54 Å². The quantitative estimate of drug-likeness (QED) is 0.400. The maximum Gasteiger partial charge on any atom is 0.373 e. The van der Waals surface area contributed by atoms with E-state index in [4.69, 9.17) is 26.2 Å². The van der Waals surface area contributed by atoms with Crippen molar-refractivity contribution >= 4 is 39.8 Å². The fraction of sp³-hybridized carbons (Fsp3) is 0.0833. The summed E-state index contributed by atoms with van der Waals surface area (Å²) in [5.74, 6) is 0. The van der Waals surface area contributed by atoms with Crippen molar-refractivity contribution in [2.24, 2.45) is 0 Å². The van der Waals surface area contributed by atoms with Crippen molar-refractivity contribution in [3.05, 3.63) is 89.3 Å². The molecule has 5 rings (SSSR count). The average Bonchev–Trinajstić information content (AvgIpc) is 3.18. The molecule has 3 aromatic heterocycles. The van der Waals surface area contributed by atoms with Crippen molar-refractivity contribution in [2.45, 2.75) is 13.5 Å². The summed E-state index contributed by atoms with van der Waals surface area (Å²) in [5, 5.41) is 1.88. The van der Waals surface area contributed by atoms with E-state index in [1.54, 1.807) is 0 Å². The number of fused-ring (bicyclic) bond motifs is 2. The van der Waals surface area contributed by atoms with Gasteiger partial charge in [0.2, 0.25) is 0 Å². The first kappa shape index (κ1) is 20.4. The molecule has 0 unspecified atom stereocenters. The number of nitrogens with zero attached hydrogens (tertiary/aromatic N) is 4. The molecule has 0 radical (unpaired) electrons. The van der Waals surface area contributed by atoms with E-state index in [9.17, 15) is 0 Å². The van der Waals surface area contributed by atoms with Crippen molar-refractivity contribution < 1.29 is 9.59 Å². The van der Waals surface area contributed by atoms with Gasteiger partial charge >= 0.3 is 6.15 Å². The van der Waals surface area contributed by atoms with Gasteiger partial charge in [0.1, 0.15) is 5.52 Å². The summed E-state index contributed by atoms with van der Waals surface area (Å²) in [6.07, 6.45) is 3.91. The molecule has 7 heteroatoms. The van der Waals surface area contributed by atoms with E-state index >= 15 is 0 Å². The number of aryl methyl sites for hydroxylation is 1. The van der Waals surface area contributed by atoms with E-state index in [-0.39, 0.29) is 6.15 Å². The van der Waals surface area contributed by atoms with Gasteiger partial charge < -0.3 is 4.57 Å². The summed E-state index contributed by atoms with van der Waals surface area (Å²) in [6, 6.07) is 20.4.